The van der Waals surface area contributed by atoms with Gasteiger partial charge in [-0.15, -0.1) is 0 Å². The molecule has 2 heterocycles. The van der Waals surface area contributed by atoms with Crippen LogP contribution in [-0.2, 0) is 28.8 Å². The zero-order valence-corrected chi connectivity index (χ0v) is 26.5. The van der Waals surface area contributed by atoms with Crippen molar-refractivity contribution in [2.75, 3.05) is 10.6 Å². The monoisotopic (exact) mass is 660 g/mol. The van der Waals surface area contributed by atoms with Gasteiger partial charge in [0.05, 0.1) is 0 Å². The average Bonchev–Trinajstić information content (AvgIpc) is 3.05. The molecule has 2 aliphatic heterocycles. The van der Waals surface area contributed by atoms with Crippen molar-refractivity contribution >= 4 is 58.6 Å². The van der Waals surface area contributed by atoms with Gasteiger partial charge in [-0.25, -0.2) is 0 Å². The minimum Gasteiger partial charge on any atom is -0.340 e. The number of imide groups is 2. The van der Waals surface area contributed by atoms with E-state index in [9.17, 15) is 38.4 Å². The Labute approximate surface area is 277 Å². The van der Waals surface area contributed by atoms with Crippen molar-refractivity contribution in [1.82, 2.24) is 21.3 Å². The largest absolute Gasteiger partial charge is 0.340 e. The number of anilines is 2. The molecule has 14 nitrogen and oxygen atoms in total. The Balaban J connectivity index is 1.06. The minimum absolute atomic E-state index is 0.155. The molecule has 48 heavy (non-hydrogen) atoms. The van der Waals surface area contributed by atoms with Crippen LogP contribution in [0.3, 0.4) is 0 Å². The van der Waals surface area contributed by atoms with Gasteiger partial charge >= 0.3 is 0 Å². The average molecular weight is 661 g/mol. The number of hydrogen-bond donors (Lipinski definition) is 6. The van der Waals surface area contributed by atoms with Gasteiger partial charge in [0.25, 0.3) is 11.8 Å². The fraction of sp³-hybridized carbons (Fsp3) is 0.412. The molecule has 0 saturated carbocycles. The van der Waals surface area contributed by atoms with E-state index in [0.717, 1.165) is 25.7 Å². The highest BCUT2D eigenvalue weighted by atomic mass is 16.2. The third-order valence-corrected chi connectivity index (χ3v) is 7.96. The van der Waals surface area contributed by atoms with E-state index in [1.807, 2.05) is 0 Å². The van der Waals surface area contributed by atoms with Crippen LogP contribution in [0, 0.1) is 0 Å². The first-order valence-electron chi connectivity index (χ1n) is 16.2. The Morgan fingerprint density at radius 3 is 1.38 bits per heavy atom. The van der Waals surface area contributed by atoms with Gasteiger partial charge in [-0.2, -0.15) is 0 Å². The molecule has 0 radical (unpaired) electrons. The van der Waals surface area contributed by atoms with E-state index in [0.29, 0.717) is 37.1 Å². The molecular weight excluding hydrogens is 620 g/mol. The van der Waals surface area contributed by atoms with Crippen molar-refractivity contribution in [1.29, 1.82) is 0 Å². The van der Waals surface area contributed by atoms with Crippen molar-refractivity contribution in [2.24, 2.45) is 0 Å². The number of hydrogen-bond acceptors (Lipinski definition) is 8. The van der Waals surface area contributed by atoms with E-state index >= 15 is 0 Å². The quantitative estimate of drug-likeness (QED) is 0.123. The summed E-state index contributed by atoms with van der Waals surface area (Å²) in [7, 11) is 0. The van der Waals surface area contributed by atoms with Crippen molar-refractivity contribution in [3.63, 3.8) is 0 Å². The predicted octanol–water partition coefficient (Wildman–Crippen LogP) is 2.45. The third-order valence-electron chi connectivity index (χ3n) is 7.96. The highest BCUT2D eigenvalue weighted by Crippen LogP contribution is 2.16. The van der Waals surface area contributed by atoms with E-state index in [-0.39, 0.29) is 60.4 Å². The molecule has 4 rings (SSSR count). The zero-order valence-electron chi connectivity index (χ0n) is 26.5. The molecule has 2 aliphatic rings. The molecule has 2 fully saturated rings. The highest BCUT2D eigenvalue weighted by Gasteiger charge is 2.29. The standard InChI is InChI=1S/C34H40N6O8/c41-27(35-23-11-7-9-21(19-23)31(45)37-25-15-17-29(43)39-33(25)47)13-5-3-1-2-4-6-14-28(42)36-24-12-8-10-22(20-24)32(46)38-26-16-18-30(44)40-34(26)48/h7-12,19-20,25-26H,1-6,13-18H2,(H,35,41)(H,36,42)(H,37,45)(H,38,46)(H,39,43,47)(H,40,44,48). The van der Waals surface area contributed by atoms with Gasteiger partial charge in [0, 0.05) is 48.2 Å². The number of amides is 8. The Bertz CT molecular complexity index is 1460. The highest BCUT2D eigenvalue weighted by molar-refractivity contribution is 6.05. The molecule has 2 atom stereocenters. The van der Waals surface area contributed by atoms with Gasteiger partial charge in [-0.1, -0.05) is 37.8 Å². The predicted molar refractivity (Wildman–Crippen MR) is 174 cm³/mol. The number of rotatable bonds is 15. The molecular formula is C34H40N6O8. The number of piperidine rings is 2. The first-order valence-corrected chi connectivity index (χ1v) is 16.2. The fourth-order valence-corrected chi connectivity index (χ4v) is 5.35. The smallest absolute Gasteiger partial charge is 0.252 e. The lowest BCUT2D eigenvalue weighted by atomic mass is 10.1. The maximum absolute atomic E-state index is 12.6. The van der Waals surface area contributed by atoms with Crippen LogP contribution in [0.15, 0.2) is 48.5 Å². The Hall–Kier alpha value is -5.40. The van der Waals surface area contributed by atoms with Crippen LogP contribution in [0.5, 0.6) is 0 Å². The van der Waals surface area contributed by atoms with Crippen molar-refractivity contribution in [3.8, 4) is 0 Å². The van der Waals surface area contributed by atoms with Crippen LogP contribution >= 0.6 is 0 Å². The van der Waals surface area contributed by atoms with Crippen LogP contribution in [0.4, 0.5) is 11.4 Å². The van der Waals surface area contributed by atoms with Crippen LogP contribution < -0.4 is 31.9 Å². The number of nitrogens with one attached hydrogen (secondary N) is 6. The maximum atomic E-state index is 12.6. The molecule has 0 bridgehead atoms. The number of unbranched alkanes of at least 4 members (excludes halogenated alkanes) is 5. The van der Waals surface area contributed by atoms with Gasteiger partial charge in [0.2, 0.25) is 35.4 Å². The lowest BCUT2D eigenvalue weighted by Crippen LogP contribution is -2.52. The fourth-order valence-electron chi connectivity index (χ4n) is 5.35. The zero-order chi connectivity index (χ0) is 34.5. The molecule has 2 aromatic carbocycles. The van der Waals surface area contributed by atoms with E-state index in [4.69, 9.17) is 0 Å². The molecule has 6 N–H and O–H groups in total. The lowest BCUT2D eigenvalue weighted by Gasteiger charge is -2.21. The number of benzene rings is 2. The maximum Gasteiger partial charge on any atom is 0.252 e. The molecule has 14 heteroatoms. The summed E-state index contributed by atoms with van der Waals surface area (Å²) in [5.41, 5.74) is 1.51. The summed E-state index contributed by atoms with van der Waals surface area (Å²) >= 11 is 0. The number of carbonyl (C=O) groups is 8. The van der Waals surface area contributed by atoms with E-state index in [2.05, 4.69) is 31.9 Å². The van der Waals surface area contributed by atoms with Crippen LogP contribution in [0.2, 0.25) is 0 Å². The molecule has 0 spiro atoms. The topological polar surface area (TPSA) is 209 Å². The summed E-state index contributed by atoms with van der Waals surface area (Å²) in [6, 6.07) is 11.3. The first-order chi connectivity index (χ1) is 23.1. The Morgan fingerprint density at radius 2 is 0.979 bits per heavy atom. The summed E-state index contributed by atoms with van der Waals surface area (Å²) in [5.74, 6) is -3.09. The van der Waals surface area contributed by atoms with Gasteiger partial charge in [0.1, 0.15) is 12.1 Å². The third kappa shape index (κ3) is 11.1. The van der Waals surface area contributed by atoms with Crippen LogP contribution in [0.25, 0.3) is 0 Å². The summed E-state index contributed by atoms with van der Waals surface area (Å²) in [5, 5.41) is 15.2. The number of carbonyl (C=O) groups excluding carboxylic acids is 8. The summed E-state index contributed by atoms with van der Waals surface area (Å²) in [6.45, 7) is 0. The summed E-state index contributed by atoms with van der Waals surface area (Å²) in [4.78, 5) is 96.4. The second kappa shape index (κ2) is 17.5. The second-order valence-corrected chi connectivity index (χ2v) is 11.8. The van der Waals surface area contributed by atoms with Gasteiger partial charge in [0.15, 0.2) is 0 Å². The van der Waals surface area contributed by atoms with Gasteiger partial charge in [-0.3, -0.25) is 49.0 Å². The van der Waals surface area contributed by atoms with E-state index in [1.54, 1.807) is 36.4 Å². The molecule has 254 valence electrons. The van der Waals surface area contributed by atoms with Gasteiger partial charge < -0.3 is 21.3 Å². The van der Waals surface area contributed by atoms with Crippen LogP contribution in [0.1, 0.15) is 97.8 Å². The van der Waals surface area contributed by atoms with Crippen LogP contribution in [-0.4, -0.2) is 59.3 Å². The summed E-state index contributed by atoms with van der Waals surface area (Å²) in [6.07, 6.45) is 6.32. The SMILES string of the molecule is O=C1CCC(NC(=O)c2cccc(NC(=O)CCCCCCCCC(=O)Nc3cccc(C(=O)NC4CCC(=O)NC4=O)c3)c2)C(=O)N1. The van der Waals surface area contributed by atoms with E-state index in [1.165, 1.54) is 12.1 Å². The molecule has 2 saturated heterocycles. The van der Waals surface area contributed by atoms with Crippen molar-refractivity contribution < 1.29 is 38.4 Å². The van der Waals surface area contributed by atoms with Crippen molar-refractivity contribution in [2.45, 2.75) is 89.1 Å². The summed E-state index contributed by atoms with van der Waals surface area (Å²) < 4.78 is 0. The molecule has 0 aliphatic carbocycles. The minimum atomic E-state index is -0.786. The molecule has 2 aromatic rings. The molecule has 0 aromatic heterocycles. The first kappa shape index (κ1) is 35.5. The van der Waals surface area contributed by atoms with Crippen molar-refractivity contribution in [3.05, 3.63) is 59.7 Å². The van der Waals surface area contributed by atoms with E-state index < -0.39 is 35.7 Å². The normalized spacial score (nSPS) is 17.5. The Morgan fingerprint density at radius 1 is 0.583 bits per heavy atom. The Kier molecular flexibility index (Phi) is 12.9. The van der Waals surface area contributed by atoms with Gasteiger partial charge in [-0.05, 0) is 62.1 Å². The lowest BCUT2D eigenvalue weighted by molar-refractivity contribution is -0.136. The molecule has 2 unspecified atom stereocenters. The second-order valence-electron chi connectivity index (χ2n) is 11.8. The molecule has 8 amide bonds.